The predicted molar refractivity (Wildman–Crippen MR) is 68.8 cm³/mol. The van der Waals surface area contributed by atoms with Crippen LogP contribution in [0.5, 0.6) is 0 Å². The fourth-order valence-electron chi connectivity index (χ4n) is 1.44. The normalized spacial score (nSPS) is 11.4. The summed E-state index contributed by atoms with van der Waals surface area (Å²) in [5.74, 6) is -1.54. The molecule has 0 saturated heterocycles. The lowest BCUT2D eigenvalue weighted by Crippen LogP contribution is -2.38. The Bertz CT molecular complexity index is 484. The highest BCUT2D eigenvalue weighted by molar-refractivity contribution is 5.91. The minimum absolute atomic E-state index is 0.0470. The largest absolute Gasteiger partial charge is 0.478 e. The second-order valence-corrected chi connectivity index (χ2v) is 4.05. The summed E-state index contributed by atoms with van der Waals surface area (Å²) in [5, 5.41) is 13.8. The fourth-order valence-corrected chi connectivity index (χ4v) is 1.44. The molecular formula is C12H15N3O4. The number of anilines is 1. The number of urea groups is 1. The topological polar surface area (TPSA) is 122 Å². The maximum absolute atomic E-state index is 11.5. The van der Waals surface area contributed by atoms with E-state index in [0.29, 0.717) is 5.69 Å². The number of carboxylic acids is 1. The van der Waals surface area contributed by atoms with Crippen LogP contribution >= 0.6 is 0 Å². The van der Waals surface area contributed by atoms with E-state index >= 15 is 0 Å². The van der Waals surface area contributed by atoms with Crippen molar-refractivity contribution < 1.29 is 19.5 Å². The molecule has 19 heavy (non-hydrogen) atoms. The first kappa shape index (κ1) is 14.5. The van der Waals surface area contributed by atoms with Gasteiger partial charge in [-0.15, -0.1) is 0 Å². The standard InChI is InChI=1S/C12H15N3O4/c1-7(6-10(13)16)14-12(19)15-9-4-2-8(3-5-9)11(17)18/h2-5,7H,6H2,1H3,(H2,13,16)(H,17,18)(H2,14,15,19). The molecule has 0 spiro atoms. The third-order valence-electron chi connectivity index (χ3n) is 2.27. The van der Waals surface area contributed by atoms with E-state index < -0.39 is 17.9 Å². The Morgan fingerprint density at radius 3 is 2.32 bits per heavy atom. The van der Waals surface area contributed by atoms with E-state index in [1.54, 1.807) is 6.92 Å². The van der Waals surface area contributed by atoms with Gasteiger partial charge in [0.1, 0.15) is 0 Å². The number of hydrogen-bond donors (Lipinski definition) is 4. The molecule has 7 nitrogen and oxygen atoms in total. The highest BCUT2D eigenvalue weighted by Gasteiger charge is 2.10. The average Bonchev–Trinajstić information content (AvgIpc) is 2.27. The van der Waals surface area contributed by atoms with E-state index in [1.807, 2.05) is 0 Å². The van der Waals surface area contributed by atoms with Crippen molar-refractivity contribution in [1.82, 2.24) is 5.32 Å². The van der Waals surface area contributed by atoms with E-state index in [-0.39, 0.29) is 18.0 Å². The summed E-state index contributed by atoms with van der Waals surface area (Å²) in [7, 11) is 0. The van der Waals surface area contributed by atoms with E-state index in [9.17, 15) is 14.4 Å². The van der Waals surface area contributed by atoms with Crippen LogP contribution in [0.25, 0.3) is 0 Å². The van der Waals surface area contributed by atoms with Crippen LogP contribution in [0.15, 0.2) is 24.3 Å². The van der Waals surface area contributed by atoms with Crippen LogP contribution in [0, 0.1) is 0 Å². The van der Waals surface area contributed by atoms with Crippen molar-refractivity contribution in [2.45, 2.75) is 19.4 Å². The van der Waals surface area contributed by atoms with E-state index in [4.69, 9.17) is 10.8 Å². The molecule has 0 aliphatic carbocycles. The molecule has 0 aromatic heterocycles. The van der Waals surface area contributed by atoms with Gasteiger partial charge in [-0.05, 0) is 31.2 Å². The first-order valence-corrected chi connectivity index (χ1v) is 5.57. The summed E-state index contributed by atoms with van der Waals surface area (Å²) in [5.41, 5.74) is 5.59. The zero-order valence-corrected chi connectivity index (χ0v) is 10.3. The van der Waals surface area contributed by atoms with Gasteiger partial charge in [-0.3, -0.25) is 4.79 Å². The molecule has 0 radical (unpaired) electrons. The second-order valence-electron chi connectivity index (χ2n) is 4.05. The van der Waals surface area contributed by atoms with Crippen LogP contribution in [-0.4, -0.2) is 29.1 Å². The number of nitrogens with one attached hydrogen (secondary N) is 2. The Morgan fingerprint density at radius 1 is 1.26 bits per heavy atom. The monoisotopic (exact) mass is 265 g/mol. The first-order valence-electron chi connectivity index (χ1n) is 5.57. The van der Waals surface area contributed by atoms with E-state index in [0.717, 1.165) is 0 Å². The average molecular weight is 265 g/mol. The Labute approximate surface area is 109 Å². The summed E-state index contributed by atoms with van der Waals surface area (Å²) < 4.78 is 0. The number of amides is 3. The quantitative estimate of drug-likeness (QED) is 0.628. The van der Waals surface area contributed by atoms with Gasteiger partial charge in [-0.1, -0.05) is 0 Å². The van der Waals surface area contributed by atoms with Crippen LogP contribution in [0.2, 0.25) is 0 Å². The molecule has 7 heteroatoms. The molecule has 0 aliphatic rings. The van der Waals surface area contributed by atoms with Gasteiger partial charge >= 0.3 is 12.0 Å². The zero-order chi connectivity index (χ0) is 14.4. The van der Waals surface area contributed by atoms with Gasteiger partial charge in [0.05, 0.1) is 5.56 Å². The molecule has 0 heterocycles. The van der Waals surface area contributed by atoms with Crippen molar-refractivity contribution >= 4 is 23.6 Å². The summed E-state index contributed by atoms with van der Waals surface area (Å²) >= 11 is 0. The molecule has 0 fully saturated rings. The number of nitrogens with two attached hydrogens (primary N) is 1. The maximum atomic E-state index is 11.5. The van der Waals surface area contributed by atoms with Gasteiger partial charge in [0.25, 0.3) is 0 Å². The molecule has 1 aromatic carbocycles. The molecule has 0 saturated carbocycles. The highest BCUT2D eigenvalue weighted by Crippen LogP contribution is 2.09. The molecule has 5 N–H and O–H groups in total. The van der Waals surface area contributed by atoms with Gasteiger partial charge < -0.3 is 21.5 Å². The number of rotatable bonds is 5. The van der Waals surface area contributed by atoms with Gasteiger partial charge in [0, 0.05) is 18.2 Å². The molecule has 1 atom stereocenters. The van der Waals surface area contributed by atoms with Crippen molar-refractivity contribution in [2.24, 2.45) is 5.73 Å². The van der Waals surface area contributed by atoms with Gasteiger partial charge in [0.15, 0.2) is 0 Å². The fraction of sp³-hybridized carbons (Fsp3) is 0.250. The summed E-state index contributed by atoms with van der Waals surface area (Å²) in [4.78, 5) is 32.8. The molecule has 1 rings (SSSR count). The van der Waals surface area contributed by atoms with E-state index in [1.165, 1.54) is 24.3 Å². The molecule has 0 aliphatic heterocycles. The lowest BCUT2D eigenvalue weighted by Gasteiger charge is -2.13. The number of carbonyl (C=O) groups is 3. The summed E-state index contributed by atoms with van der Waals surface area (Å²) in [6.45, 7) is 1.65. The number of primary amides is 1. The zero-order valence-electron chi connectivity index (χ0n) is 10.3. The summed E-state index contributed by atoms with van der Waals surface area (Å²) in [6.07, 6.45) is 0.0470. The third kappa shape index (κ3) is 5.07. The van der Waals surface area contributed by atoms with Crippen molar-refractivity contribution in [2.75, 3.05) is 5.32 Å². The number of carbonyl (C=O) groups excluding carboxylic acids is 2. The molecule has 1 aromatic rings. The SMILES string of the molecule is CC(CC(N)=O)NC(=O)Nc1ccc(C(=O)O)cc1. The summed E-state index contributed by atoms with van der Waals surface area (Å²) in [6, 6.07) is 4.84. The molecule has 0 bridgehead atoms. The van der Waals surface area contributed by atoms with Gasteiger partial charge in [-0.25, -0.2) is 9.59 Å². The van der Waals surface area contributed by atoms with Crippen LogP contribution in [0.4, 0.5) is 10.5 Å². The molecule has 1 unspecified atom stereocenters. The van der Waals surface area contributed by atoms with Crippen LogP contribution in [0.1, 0.15) is 23.7 Å². The van der Waals surface area contributed by atoms with Gasteiger partial charge in [-0.2, -0.15) is 0 Å². The van der Waals surface area contributed by atoms with Crippen LogP contribution < -0.4 is 16.4 Å². The van der Waals surface area contributed by atoms with Crippen molar-refractivity contribution in [3.8, 4) is 0 Å². The molecular weight excluding hydrogens is 250 g/mol. The first-order chi connectivity index (χ1) is 8.88. The van der Waals surface area contributed by atoms with Crippen LogP contribution in [0.3, 0.4) is 0 Å². The second kappa shape index (κ2) is 6.39. The number of carboxylic acid groups (broad SMARTS) is 1. The Morgan fingerprint density at radius 2 is 1.84 bits per heavy atom. The van der Waals surface area contributed by atoms with Crippen molar-refractivity contribution in [3.63, 3.8) is 0 Å². The molecule has 102 valence electrons. The smallest absolute Gasteiger partial charge is 0.335 e. The highest BCUT2D eigenvalue weighted by atomic mass is 16.4. The van der Waals surface area contributed by atoms with Crippen LogP contribution in [-0.2, 0) is 4.79 Å². The Kier molecular flexibility index (Phi) is 4.87. The number of hydrogen-bond acceptors (Lipinski definition) is 3. The lowest BCUT2D eigenvalue weighted by molar-refractivity contribution is -0.118. The number of aromatic carboxylic acids is 1. The van der Waals surface area contributed by atoms with Crippen molar-refractivity contribution in [3.05, 3.63) is 29.8 Å². The van der Waals surface area contributed by atoms with Gasteiger partial charge in [0.2, 0.25) is 5.91 Å². The lowest BCUT2D eigenvalue weighted by atomic mass is 10.2. The Balaban J connectivity index is 2.52. The molecule has 3 amide bonds. The minimum atomic E-state index is -1.04. The minimum Gasteiger partial charge on any atom is -0.478 e. The van der Waals surface area contributed by atoms with E-state index in [2.05, 4.69) is 10.6 Å². The van der Waals surface area contributed by atoms with Crippen molar-refractivity contribution in [1.29, 1.82) is 0 Å². The number of benzene rings is 1. The maximum Gasteiger partial charge on any atom is 0.335 e. The third-order valence-corrected chi connectivity index (χ3v) is 2.27. The predicted octanol–water partition coefficient (Wildman–Crippen LogP) is 0.770. The Hall–Kier alpha value is -2.57.